The second kappa shape index (κ2) is 5.65. The van der Waals surface area contributed by atoms with Gasteiger partial charge in [0.15, 0.2) is 0 Å². The molecule has 0 saturated heterocycles. The minimum Gasteiger partial charge on any atom is -0.276 e. The van der Waals surface area contributed by atoms with Crippen molar-refractivity contribution in [2.45, 2.75) is 38.6 Å². The Morgan fingerprint density at radius 1 is 1.29 bits per heavy atom. The maximum atomic E-state index is 12.4. The van der Waals surface area contributed by atoms with E-state index in [0.717, 1.165) is 5.69 Å². The lowest BCUT2D eigenvalue weighted by molar-refractivity contribution is 0.516. The molecule has 0 fully saturated rings. The maximum Gasteiger partial charge on any atom is 0.263 e. The van der Waals surface area contributed by atoms with Gasteiger partial charge < -0.3 is 0 Å². The fourth-order valence-corrected chi connectivity index (χ4v) is 3.26. The third-order valence-electron chi connectivity index (χ3n) is 3.06. The number of hydrogen-bond acceptors (Lipinski definition) is 4. The van der Waals surface area contributed by atoms with Crippen molar-refractivity contribution in [2.75, 3.05) is 4.72 Å². The van der Waals surface area contributed by atoms with Crippen LogP contribution >= 0.6 is 11.6 Å². The molecule has 0 saturated carbocycles. The molecule has 0 atom stereocenters. The number of aromatic nitrogens is 3. The SMILES string of the molecule is Cc1nn(C(C)C)c(C)c1NS(=O)(=O)c1ccc(Cl)nc1. The number of aryl methyl sites for hydroxylation is 1. The smallest absolute Gasteiger partial charge is 0.263 e. The highest BCUT2D eigenvalue weighted by Gasteiger charge is 2.20. The van der Waals surface area contributed by atoms with Crippen LogP contribution in [0.15, 0.2) is 23.2 Å². The van der Waals surface area contributed by atoms with Gasteiger partial charge in [-0.3, -0.25) is 9.40 Å². The molecule has 0 spiro atoms. The molecule has 0 aliphatic rings. The van der Waals surface area contributed by atoms with Crippen molar-refractivity contribution >= 4 is 27.3 Å². The van der Waals surface area contributed by atoms with Crippen LogP contribution in [0, 0.1) is 13.8 Å². The first-order valence-corrected chi connectivity index (χ1v) is 8.28. The zero-order valence-electron chi connectivity index (χ0n) is 12.3. The van der Waals surface area contributed by atoms with Gasteiger partial charge in [0.1, 0.15) is 10.0 Å². The molecule has 2 rings (SSSR count). The highest BCUT2D eigenvalue weighted by molar-refractivity contribution is 7.92. The van der Waals surface area contributed by atoms with E-state index in [1.807, 2.05) is 20.8 Å². The van der Waals surface area contributed by atoms with E-state index in [1.54, 1.807) is 11.6 Å². The van der Waals surface area contributed by atoms with Crippen LogP contribution in [0.3, 0.4) is 0 Å². The van der Waals surface area contributed by atoms with Crippen LogP contribution < -0.4 is 4.72 Å². The van der Waals surface area contributed by atoms with Gasteiger partial charge >= 0.3 is 0 Å². The van der Waals surface area contributed by atoms with E-state index in [9.17, 15) is 8.42 Å². The average Bonchev–Trinajstić information content (AvgIpc) is 2.67. The Morgan fingerprint density at radius 3 is 2.43 bits per heavy atom. The number of anilines is 1. The van der Waals surface area contributed by atoms with Gasteiger partial charge in [-0.25, -0.2) is 13.4 Å². The van der Waals surface area contributed by atoms with Crippen LogP contribution in [0.1, 0.15) is 31.3 Å². The normalized spacial score (nSPS) is 11.9. The number of halogens is 1. The Bertz CT molecular complexity index is 751. The maximum absolute atomic E-state index is 12.4. The highest BCUT2D eigenvalue weighted by atomic mass is 35.5. The van der Waals surface area contributed by atoms with Crippen LogP contribution in [0.5, 0.6) is 0 Å². The molecule has 114 valence electrons. The van der Waals surface area contributed by atoms with Gasteiger partial charge in [0.05, 0.1) is 17.1 Å². The quantitative estimate of drug-likeness (QED) is 0.875. The van der Waals surface area contributed by atoms with Crippen molar-refractivity contribution < 1.29 is 8.42 Å². The van der Waals surface area contributed by atoms with E-state index in [2.05, 4.69) is 14.8 Å². The molecule has 0 bridgehead atoms. The van der Waals surface area contributed by atoms with E-state index < -0.39 is 10.0 Å². The molecule has 0 amide bonds. The molecule has 0 radical (unpaired) electrons. The molecule has 0 aromatic carbocycles. The molecule has 2 aromatic rings. The molecule has 2 aromatic heterocycles. The van der Waals surface area contributed by atoms with Crippen LogP contribution in [-0.2, 0) is 10.0 Å². The molecule has 0 aliphatic carbocycles. The van der Waals surface area contributed by atoms with Crippen molar-refractivity contribution in [3.05, 3.63) is 34.9 Å². The molecule has 0 aliphatic heterocycles. The molecular weight excluding hydrogens is 312 g/mol. The third-order valence-corrected chi connectivity index (χ3v) is 4.62. The van der Waals surface area contributed by atoms with Crippen LogP contribution in [0.25, 0.3) is 0 Å². The minimum atomic E-state index is -3.71. The summed E-state index contributed by atoms with van der Waals surface area (Å²) in [5, 5.41) is 4.60. The molecule has 0 unspecified atom stereocenters. The summed E-state index contributed by atoms with van der Waals surface area (Å²) >= 11 is 5.67. The highest BCUT2D eigenvalue weighted by Crippen LogP contribution is 2.25. The van der Waals surface area contributed by atoms with Gasteiger partial charge in [-0.15, -0.1) is 0 Å². The lowest BCUT2D eigenvalue weighted by Crippen LogP contribution is -2.14. The van der Waals surface area contributed by atoms with E-state index >= 15 is 0 Å². The zero-order chi connectivity index (χ0) is 15.8. The molecule has 21 heavy (non-hydrogen) atoms. The molecule has 1 N–H and O–H groups in total. The van der Waals surface area contributed by atoms with Crippen molar-refractivity contribution in [1.29, 1.82) is 0 Å². The number of nitrogens with one attached hydrogen (secondary N) is 1. The zero-order valence-corrected chi connectivity index (χ0v) is 13.8. The van der Waals surface area contributed by atoms with Crippen molar-refractivity contribution in [1.82, 2.24) is 14.8 Å². The molecule has 6 nitrogen and oxygen atoms in total. The predicted molar refractivity (Wildman–Crippen MR) is 82.1 cm³/mol. The van der Waals surface area contributed by atoms with Gasteiger partial charge in [-0.1, -0.05) is 11.6 Å². The predicted octanol–water partition coefficient (Wildman–Crippen LogP) is 2.93. The summed E-state index contributed by atoms with van der Waals surface area (Å²) in [5.41, 5.74) is 1.90. The van der Waals surface area contributed by atoms with Gasteiger partial charge in [0, 0.05) is 12.2 Å². The van der Waals surface area contributed by atoms with Gasteiger partial charge in [-0.2, -0.15) is 5.10 Å². The third kappa shape index (κ3) is 3.19. The minimum absolute atomic E-state index is 0.0583. The standard InChI is InChI=1S/C13H17ClN4O2S/c1-8(2)18-10(4)13(9(3)16-18)17-21(19,20)11-5-6-12(14)15-7-11/h5-8,17H,1-4H3. The Morgan fingerprint density at radius 2 is 1.95 bits per heavy atom. The van der Waals surface area contributed by atoms with Crippen molar-refractivity contribution in [3.8, 4) is 0 Å². The second-order valence-corrected chi connectivity index (χ2v) is 7.08. The Balaban J connectivity index is 2.39. The van der Waals surface area contributed by atoms with E-state index in [0.29, 0.717) is 11.4 Å². The second-order valence-electron chi connectivity index (χ2n) is 5.01. The monoisotopic (exact) mass is 328 g/mol. The summed E-state index contributed by atoms with van der Waals surface area (Å²) in [4.78, 5) is 3.85. The van der Waals surface area contributed by atoms with Crippen LogP contribution in [-0.4, -0.2) is 23.2 Å². The largest absolute Gasteiger partial charge is 0.276 e. The average molecular weight is 329 g/mol. The molecular formula is C13H17ClN4O2S. The number of pyridine rings is 1. The lowest BCUT2D eigenvalue weighted by Gasteiger charge is -2.10. The van der Waals surface area contributed by atoms with Crippen LogP contribution in [0.2, 0.25) is 5.15 Å². The van der Waals surface area contributed by atoms with Gasteiger partial charge in [0.25, 0.3) is 10.0 Å². The number of hydrogen-bond donors (Lipinski definition) is 1. The Kier molecular flexibility index (Phi) is 4.25. The first-order valence-electron chi connectivity index (χ1n) is 6.42. The summed E-state index contributed by atoms with van der Waals surface area (Å²) < 4.78 is 29.1. The summed E-state index contributed by atoms with van der Waals surface area (Å²) in [7, 11) is -3.71. The first kappa shape index (κ1) is 15.8. The fraction of sp³-hybridized carbons (Fsp3) is 0.385. The fourth-order valence-electron chi connectivity index (χ4n) is 2.03. The summed E-state index contributed by atoms with van der Waals surface area (Å²) in [6, 6.07) is 3.00. The van der Waals surface area contributed by atoms with Gasteiger partial charge in [-0.05, 0) is 39.8 Å². The molecule has 2 heterocycles. The number of nitrogens with zero attached hydrogens (tertiary/aromatic N) is 3. The molecule has 8 heteroatoms. The summed E-state index contributed by atoms with van der Waals surface area (Å²) in [6.45, 7) is 7.57. The van der Waals surface area contributed by atoms with Crippen LogP contribution in [0.4, 0.5) is 5.69 Å². The van der Waals surface area contributed by atoms with Gasteiger partial charge in [0.2, 0.25) is 0 Å². The number of sulfonamides is 1. The Labute approximate surface area is 129 Å². The summed E-state index contributed by atoms with van der Waals surface area (Å²) in [6.07, 6.45) is 1.22. The van der Waals surface area contributed by atoms with Crippen molar-refractivity contribution in [3.63, 3.8) is 0 Å². The number of rotatable bonds is 4. The van der Waals surface area contributed by atoms with E-state index in [1.165, 1.54) is 18.3 Å². The topological polar surface area (TPSA) is 76.9 Å². The lowest BCUT2D eigenvalue weighted by atomic mass is 10.3. The van der Waals surface area contributed by atoms with Crippen molar-refractivity contribution in [2.24, 2.45) is 0 Å². The van der Waals surface area contributed by atoms with E-state index in [4.69, 9.17) is 11.6 Å². The Hall–Kier alpha value is -1.60. The first-order chi connectivity index (χ1) is 9.72. The summed E-state index contributed by atoms with van der Waals surface area (Å²) in [5.74, 6) is 0. The van der Waals surface area contributed by atoms with E-state index in [-0.39, 0.29) is 16.1 Å².